The summed E-state index contributed by atoms with van der Waals surface area (Å²) < 4.78 is 5.92. The molecule has 0 radical (unpaired) electrons. The van der Waals surface area contributed by atoms with Crippen molar-refractivity contribution in [1.29, 1.82) is 0 Å². The molecule has 0 spiro atoms. The Kier molecular flexibility index (Phi) is 5.62. The normalized spacial score (nSPS) is 15.3. The molecule has 4 rings (SSSR count). The summed E-state index contributed by atoms with van der Waals surface area (Å²) in [6.07, 6.45) is 0. The summed E-state index contributed by atoms with van der Waals surface area (Å²) >= 11 is 0. The number of oxazole rings is 1. The van der Waals surface area contributed by atoms with Crippen LogP contribution in [0.5, 0.6) is 0 Å². The maximum absolute atomic E-state index is 5.92. The van der Waals surface area contributed by atoms with Crippen molar-refractivity contribution in [2.75, 3.05) is 31.1 Å². The van der Waals surface area contributed by atoms with Gasteiger partial charge in [-0.3, -0.25) is 4.90 Å². The van der Waals surface area contributed by atoms with Gasteiger partial charge in [0.05, 0.1) is 5.69 Å². The highest BCUT2D eigenvalue weighted by atomic mass is 16.4. The monoisotopic (exact) mass is 391 g/mol. The minimum Gasteiger partial charge on any atom is -0.441 e. The van der Waals surface area contributed by atoms with E-state index in [0.717, 1.165) is 67.1 Å². The van der Waals surface area contributed by atoms with Crippen LogP contribution in [0.25, 0.3) is 11.5 Å². The second-order valence-corrected chi connectivity index (χ2v) is 8.03. The van der Waals surface area contributed by atoms with Gasteiger partial charge in [0.2, 0.25) is 5.89 Å². The minimum absolute atomic E-state index is 0.337. The molecule has 3 aromatic rings. The number of anilines is 1. The van der Waals surface area contributed by atoms with E-state index in [-0.39, 0.29) is 0 Å². The smallest absolute Gasteiger partial charge is 0.226 e. The molecule has 6 heteroatoms. The number of hydrogen-bond donors (Lipinski definition) is 0. The van der Waals surface area contributed by atoms with Gasteiger partial charge in [-0.05, 0) is 26.0 Å². The van der Waals surface area contributed by atoms with Gasteiger partial charge in [0, 0.05) is 56.0 Å². The first-order chi connectivity index (χ1) is 14.0. The number of aryl methyl sites for hydroxylation is 2. The Balaban J connectivity index is 1.40. The first kappa shape index (κ1) is 19.6. The lowest BCUT2D eigenvalue weighted by Gasteiger charge is -2.35. The average Bonchev–Trinajstić information content (AvgIpc) is 3.09. The minimum atomic E-state index is 0.337. The standard InChI is InChI=1S/C23H29N5O/c1-16(2)22-24-17(3)14-21(26-22)28-12-10-27(11-13-28)15-20-18(4)29-23(25-20)19-8-6-5-7-9-19/h5-9,14,16H,10-13,15H2,1-4H3. The van der Waals surface area contributed by atoms with Crippen molar-refractivity contribution < 1.29 is 4.42 Å². The Hall–Kier alpha value is -2.73. The number of rotatable bonds is 5. The zero-order chi connectivity index (χ0) is 20.4. The molecular formula is C23H29N5O. The average molecular weight is 392 g/mol. The molecule has 0 N–H and O–H groups in total. The predicted molar refractivity (Wildman–Crippen MR) is 115 cm³/mol. The molecule has 6 nitrogen and oxygen atoms in total. The lowest BCUT2D eigenvalue weighted by atomic mass is 10.2. The molecule has 29 heavy (non-hydrogen) atoms. The second kappa shape index (κ2) is 8.33. The highest BCUT2D eigenvalue weighted by molar-refractivity contribution is 5.53. The Morgan fingerprint density at radius 2 is 1.69 bits per heavy atom. The molecular weight excluding hydrogens is 362 g/mol. The maximum atomic E-state index is 5.92. The van der Waals surface area contributed by atoms with Crippen molar-refractivity contribution >= 4 is 5.82 Å². The van der Waals surface area contributed by atoms with Crippen LogP contribution in [0.1, 0.15) is 42.7 Å². The fraction of sp³-hybridized carbons (Fsp3) is 0.435. The number of piperazine rings is 1. The van der Waals surface area contributed by atoms with Gasteiger partial charge in [-0.2, -0.15) is 0 Å². The van der Waals surface area contributed by atoms with Gasteiger partial charge in [-0.1, -0.05) is 32.0 Å². The Morgan fingerprint density at radius 1 is 0.966 bits per heavy atom. The molecule has 0 aliphatic carbocycles. The van der Waals surface area contributed by atoms with E-state index < -0.39 is 0 Å². The van der Waals surface area contributed by atoms with Gasteiger partial charge in [-0.15, -0.1) is 0 Å². The van der Waals surface area contributed by atoms with Crippen LogP contribution in [0.3, 0.4) is 0 Å². The molecule has 0 bridgehead atoms. The van der Waals surface area contributed by atoms with Crippen molar-refractivity contribution in [2.24, 2.45) is 0 Å². The van der Waals surface area contributed by atoms with Crippen LogP contribution in [0.2, 0.25) is 0 Å². The Morgan fingerprint density at radius 3 is 2.38 bits per heavy atom. The highest BCUT2D eigenvalue weighted by Crippen LogP contribution is 2.23. The molecule has 1 saturated heterocycles. The lowest BCUT2D eigenvalue weighted by molar-refractivity contribution is 0.245. The van der Waals surface area contributed by atoms with Crippen LogP contribution in [-0.4, -0.2) is 46.0 Å². The van der Waals surface area contributed by atoms with Crippen molar-refractivity contribution in [3.8, 4) is 11.5 Å². The SMILES string of the molecule is Cc1cc(N2CCN(Cc3nc(-c4ccccc4)oc3C)CC2)nc(C(C)C)n1. The van der Waals surface area contributed by atoms with Crippen LogP contribution < -0.4 is 4.90 Å². The van der Waals surface area contributed by atoms with E-state index in [0.29, 0.717) is 11.8 Å². The molecule has 1 aliphatic rings. The van der Waals surface area contributed by atoms with Gasteiger partial charge in [0.15, 0.2) is 0 Å². The fourth-order valence-corrected chi connectivity index (χ4v) is 3.62. The summed E-state index contributed by atoms with van der Waals surface area (Å²) in [5.74, 6) is 3.91. The first-order valence-electron chi connectivity index (χ1n) is 10.3. The molecule has 1 aromatic carbocycles. The third kappa shape index (κ3) is 4.48. The number of hydrogen-bond acceptors (Lipinski definition) is 6. The summed E-state index contributed by atoms with van der Waals surface area (Å²) in [6.45, 7) is 13.0. The first-order valence-corrected chi connectivity index (χ1v) is 10.3. The Labute approximate surface area is 172 Å². The molecule has 1 aliphatic heterocycles. The predicted octanol–water partition coefficient (Wildman–Crippen LogP) is 4.19. The number of nitrogens with zero attached hydrogens (tertiary/aromatic N) is 5. The molecule has 152 valence electrons. The van der Waals surface area contributed by atoms with Crippen molar-refractivity contribution in [1.82, 2.24) is 19.9 Å². The highest BCUT2D eigenvalue weighted by Gasteiger charge is 2.22. The van der Waals surface area contributed by atoms with Gasteiger partial charge < -0.3 is 9.32 Å². The summed E-state index contributed by atoms with van der Waals surface area (Å²) in [6, 6.07) is 12.2. The molecule has 0 saturated carbocycles. The maximum Gasteiger partial charge on any atom is 0.226 e. The Bertz CT molecular complexity index is 959. The summed E-state index contributed by atoms with van der Waals surface area (Å²) in [5.41, 5.74) is 3.08. The third-order valence-corrected chi connectivity index (χ3v) is 5.36. The van der Waals surface area contributed by atoms with Crippen molar-refractivity contribution in [3.05, 3.63) is 59.4 Å². The zero-order valence-electron chi connectivity index (χ0n) is 17.7. The third-order valence-electron chi connectivity index (χ3n) is 5.36. The van der Waals surface area contributed by atoms with Crippen LogP contribution in [0.4, 0.5) is 5.82 Å². The van der Waals surface area contributed by atoms with E-state index >= 15 is 0 Å². The van der Waals surface area contributed by atoms with Gasteiger partial charge in [0.25, 0.3) is 0 Å². The van der Waals surface area contributed by atoms with E-state index in [2.05, 4.69) is 34.7 Å². The van der Waals surface area contributed by atoms with E-state index in [4.69, 9.17) is 14.4 Å². The lowest BCUT2D eigenvalue weighted by Crippen LogP contribution is -2.46. The van der Waals surface area contributed by atoms with Gasteiger partial charge >= 0.3 is 0 Å². The van der Waals surface area contributed by atoms with E-state index in [1.54, 1.807) is 0 Å². The molecule has 0 unspecified atom stereocenters. The van der Waals surface area contributed by atoms with Crippen LogP contribution >= 0.6 is 0 Å². The number of aromatic nitrogens is 3. The quantitative estimate of drug-likeness (QED) is 0.650. The topological polar surface area (TPSA) is 58.3 Å². The summed E-state index contributed by atoms with van der Waals surface area (Å²) in [7, 11) is 0. The fourth-order valence-electron chi connectivity index (χ4n) is 3.62. The zero-order valence-corrected chi connectivity index (χ0v) is 17.7. The van der Waals surface area contributed by atoms with E-state index in [1.165, 1.54) is 0 Å². The molecule has 2 aromatic heterocycles. The van der Waals surface area contributed by atoms with Gasteiger partial charge in [0.1, 0.15) is 17.4 Å². The van der Waals surface area contributed by atoms with Crippen molar-refractivity contribution in [3.63, 3.8) is 0 Å². The molecule has 1 fully saturated rings. The van der Waals surface area contributed by atoms with Crippen LogP contribution in [0, 0.1) is 13.8 Å². The summed E-state index contributed by atoms with van der Waals surface area (Å²) in [4.78, 5) is 18.9. The summed E-state index contributed by atoms with van der Waals surface area (Å²) in [5, 5.41) is 0. The van der Waals surface area contributed by atoms with E-state index in [9.17, 15) is 0 Å². The largest absolute Gasteiger partial charge is 0.441 e. The van der Waals surface area contributed by atoms with Gasteiger partial charge in [-0.25, -0.2) is 15.0 Å². The number of benzene rings is 1. The molecule has 0 atom stereocenters. The van der Waals surface area contributed by atoms with Crippen molar-refractivity contribution in [2.45, 2.75) is 40.2 Å². The molecule has 0 amide bonds. The second-order valence-electron chi connectivity index (χ2n) is 8.03. The van der Waals surface area contributed by atoms with E-state index in [1.807, 2.05) is 44.2 Å². The molecule has 3 heterocycles. The van der Waals surface area contributed by atoms with Crippen LogP contribution in [0.15, 0.2) is 40.8 Å². The van der Waals surface area contributed by atoms with Crippen LogP contribution in [-0.2, 0) is 6.54 Å².